The average Bonchev–Trinajstić information content (AvgIpc) is 3.61. The first-order valence-corrected chi connectivity index (χ1v) is 18.0. The Bertz CT molecular complexity index is 1900. The van der Waals surface area contributed by atoms with Crippen LogP contribution in [0.1, 0.15) is 75.1 Å². The zero-order chi connectivity index (χ0) is 36.3. The van der Waals surface area contributed by atoms with E-state index >= 15 is 0 Å². The van der Waals surface area contributed by atoms with E-state index in [1.807, 2.05) is 30.3 Å². The number of nitrogens with zero attached hydrogens (tertiary/aromatic N) is 1. The second kappa shape index (κ2) is 15.3. The molecule has 1 fully saturated rings. The maximum absolute atomic E-state index is 13.9. The Morgan fingerprint density at radius 3 is 2.22 bits per heavy atom. The normalized spacial score (nSPS) is 16.7. The first-order chi connectivity index (χ1) is 24.3. The fraction of sp³-hybridized carbons (Fsp3) is 0.357. The van der Waals surface area contributed by atoms with Crippen LogP contribution in [0.2, 0.25) is 5.02 Å². The highest BCUT2D eigenvalue weighted by Gasteiger charge is 2.37. The monoisotopic (exact) mass is 710 g/mol. The van der Waals surface area contributed by atoms with Crippen LogP contribution in [0.15, 0.2) is 84.9 Å². The number of carboxylic acids is 1. The molecule has 4 aromatic rings. The molecule has 266 valence electrons. The lowest BCUT2D eigenvalue weighted by Gasteiger charge is -2.37. The van der Waals surface area contributed by atoms with Crippen molar-refractivity contribution >= 4 is 29.4 Å². The van der Waals surface area contributed by atoms with Gasteiger partial charge in [0.05, 0.1) is 5.02 Å². The number of fused-ring (bicyclic) bond motifs is 1. The van der Waals surface area contributed by atoms with Gasteiger partial charge in [0.1, 0.15) is 29.4 Å². The van der Waals surface area contributed by atoms with Gasteiger partial charge >= 0.3 is 5.97 Å². The number of ether oxygens (including phenoxy) is 1. The van der Waals surface area contributed by atoms with E-state index in [0.29, 0.717) is 23.5 Å². The van der Waals surface area contributed by atoms with E-state index in [1.54, 1.807) is 35.2 Å². The topological polar surface area (TPSA) is 95.9 Å². The number of rotatable bonds is 10. The predicted molar refractivity (Wildman–Crippen MR) is 196 cm³/mol. The standard InChI is InChI=1S/C42H44ClFN2O5/c1-42(2,3)32-14-17-33(18-15-32)51-34-16-12-30-24-38(46(25-31(30)22-34)39(47)21-26-6-4-5-7-26)40(48)45-37(41(49)50)20-27-8-10-28(11-9-27)29-13-19-36(44)35(43)23-29/h8-19,22-23,26,37-38H,4-7,20-21,24-25H2,1-3H3,(H,45,48)(H,49,50)/t37-,38-/m0/s1. The van der Waals surface area contributed by atoms with Gasteiger partial charge < -0.3 is 20.1 Å². The van der Waals surface area contributed by atoms with Crippen molar-refractivity contribution < 1.29 is 28.6 Å². The van der Waals surface area contributed by atoms with Gasteiger partial charge in [-0.3, -0.25) is 9.59 Å². The molecular formula is C42H44ClFN2O5. The highest BCUT2D eigenvalue weighted by molar-refractivity contribution is 6.31. The maximum Gasteiger partial charge on any atom is 0.326 e. The van der Waals surface area contributed by atoms with E-state index < -0.39 is 29.8 Å². The van der Waals surface area contributed by atoms with Gasteiger partial charge in [-0.2, -0.15) is 0 Å². The molecule has 1 saturated carbocycles. The third kappa shape index (κ3) is 8.79. The first kappa shape index (κ1) is 36.1. The van der Waals surface area contributed by atoms with Crippen molar-refractivity contribution in [2.75, 3.05) is 0 Å². The van der Waals surface area contributed by atoms with E-state index in [2.05, 4.69) is 38.2 Å². The number of halogens is 2. The molecule has 0 aromatic heterocycles. The molecule has 9 heteroatoms. The summed E-state index contributed by atoms with van der Waals surface area (Å²) in [5, 5.41) is 12.9. The minimum absolute atomic E-state index is 0.0158. The molecule has 0 spiro atoms. The van der Waals surface area contributed by atoms with Gasteiger partial charge in [-0.15, -0.1) is 0 Å². The lowest BCUT2D eigenvalue weighted by molar-refractivity contribution is -0.145. The van der Waals surface area contributed by atoms with Gasteiger partial charge in [-0.05, 0) is 94.0 Å². The van der Waals surface area contributed by atoms with Crippen molar-refractivity contribution in [2.45, 2.75) is 89.8 Å². The minimum Gasteiger partial charge on any atom is -0.480 e. The number of carbonyl (C=O) groups is 3. The summed E-state index contributed by atoms with van der Waals surface area (Å²) in [5.41, 5.74) is 5.27. The molecule has 2 N–H and O–H groups in total. The van der Waals surface area contributed by atoms with Crippen LogP contribution in [-0.2, 0) is 39.2 Å². The van der Waals surface area contributed by atoms with Crippen LogP contribution < -0.4 is 10.1 Å². The molecule has 4 aromatic carbocycles. The van der Waals surface area contributed by atoms with Crippen molar-refractivity contribution in [3.63, 3.8) is 0 Å². The van der Waals surface area contributed by atoms with Gasteiger partial charge in [-0.1, -0.05) is 93.7 Å². The molecule has 51 heavy (non-hydrogen) atoms. The van der Waals surface area contributed by atoms with Crippen LogP contribution in [0.5, 0.6) is 11.5 Å². The Hall–Kier alpha value is -4.69. The number of aliphatic carboxylic acids is 1. The lowest BCUT2D eigenvalue weighted by Crippen LogP contribution is -2.56. The third-order valence-electron chi connectivity index (χ3n) is 10.1. The summed E-state index contributed by atoms with van der Waals surface area (Å²) in [5.74, 6) is -0.634. The van der Waals surface area contributed by atoms with E-state index in [0.717, 1.165) is 47.9 Å². The summed E-state index contributed by atoms with van der Waals surface area (Å²) < 4.78 is 19.8. The molecule has 1 aliphatic heterocycles. The molecule has 0 radical (unpaired) electrons. The van der Waals surface area contributed by atoms with E-state index in [-0.39, 0.29) is 41.6 Å². The fourth-order valence-electron chi connectivity index (χ4n) is 7.07. The SMILES string of the molecule is CC(C)(C)c1ccc(Oc2ccc3c(c2)CN(C(=O)CC2CCCC2)[C@H](C(=O)N[C@@H](Cc2ccc(-c4ccc(F)c(Cl)c4)cc2)C(=O)O)C3)cc1. The first-order valence-electron chi connectivity index (χ1n) is 17.6. The second-order valence-corrected chi connectivity index (χ2v) is 15.2. The molecule has 7 nitrogen and oxygen atoms in total. The fourth-order valence-corrected chi connectivity index (χ4v) is 7.25. The Morgan fingerprint density at radius 2 is 1.57 bits per heavy atom. The molecule has 0 saturated heterocycles. The zero-order valence-corrected chi connectivity index (χ0v) is 30.0. The number of amides is 2. The lowest BCUT2D eigenvalue weighted by atomic mass is 9.87. The smallest absolute Gasteiger partial charge is 0.326 e. The highest BCUT2D eigenvalue weighted by atomic mass is 35.5. The van der Waals surface area contributed by atoms with Gasteiger partial charge in [0.25, 0.3) is 0 Å². The molecule has 1 aliphatic carbocycles. The molecule has 6 rings (SSSR count). The number of benzene rings is 4. The van der Waals surface area contributed by atoms with Crippen molar-refractivity contribution in [2.24, 2.45) is 5.92 Å². The van der Waals surface area contributed by atoms with Gasteiger partial charge in [-0.25, -0.2) is 9.18 Å². The van der Waals surface area contributed by atoms with Crippen LogP contribution in [0.4, 0.5) is 4.39 Å². The largest absolute Gasteiger partial charge is 0.480 e. The maximum atomic E-state index is 13.9. The van der Waals surface area contributed by atoms with Crippen LogP contribution in [0, 0.1) is 11.7 Å². The molecule has 0 bridgehead atoms. The molecule has 2 amide bonds. The zero-order valence-electron chi connectivity index (χ0n) is 29.3. The van der Waals surface area contributed by atoms with Crippen molar-refractivity contribution in [1.29, 1.82) is 0 Å². The minimum atomic E-state index is -1.21. The number of carbonyl (C=O) groups excluding carboxylic acids is 2. The summed E-state index contributed by atoms with van der Waals surface area (Å²) >= 11 is 5.95. The van der Waals surface area contributed by atoms with Crippen molar-refractivity contribution in [3.05, 3.63) is 118 Å². The predicted octanol–water partition coefficient (Wildman–Crippen LogP) is 8.88. The summed E-state index contributed by atoms with van der Waals surface area (Å²) in [4.78, 5) is 41.8. The van der Waals surface area contributed by atoms with Crippen LogP contribution >= 0.6 is 11.6 Å². The average molecular weight is 711 g/mol. The van der Waals surface area contributed by atoms with E-state index in [9.17, 15) is 23.9 Å². The highest BCUT2D eigenvalue weighted by Crippen LogP contribution is 2.34. The Balaban J connectivity index is 1.18. The molecule has 1 heterocycles. The summed E-state index contributed by atoms with van der Waals surface area (Å²) in [6.07, 6.45) is 4.85. The summed E-state index contributed by atoms with van der Waals surface area (Å²) in [6, 6.07) is 23.3. The summed E-state index contributed by atoms with van der Waals surface area (Å²) in [6.45, 7) is 6.71. The van der Waals surface area contributed by atoms with Crippen molar-refractivity contribution in [1.82, 2.24) is 10.2 Å². The molecule has 2 atom stereocenters. The van der Waals surface area contributed by atoms with Crippen LogP contribution in [-0.4, -0.2) is 39.9 Å². The number of hydrogen-bond donors (Lipinski definition) is 2. The van der Waals surface area contributed by atoms with Gasteiger partial charge in [0, 0.05) is 25.8 Å². The van der Waals surface area contributed by atoms with E-state index in [1.165, 1.54) is 17.7 Å². The van der Waals surface area contributed by atoms with Crippen molar-refractivity contribution in [3.8, 4) is 22.6 Å². The van der Waals surface area contributed by atoms with E-state index in [4.69, 9.17) is 16.3 Å². The molecule has 0 unspecified atom stereocenters. The van der Waals surface area contributed by atoms with Crippen LogP contribution in [0.3, 0.4) is 0 Å². The number of hydrogen-bond acceptors (Lipinski definition) is 4. The van der Waals surface area contributed by atoms with Crippen LogP contribution in [0.25, 0.3) is 11.1 Å². The second-order valence-electron chi connectivity index (χ2n) is 14.8. The number of carboxylic acid groups (broad SMARTS) is 1. The quantitative estimate of drug-likeness (QED) is 0.171. The third-order valence-corrected chi connectivity index (χ3v) is 10.4. The van der Waals surface area contributed by atoms with Gasteiger partial charge in [0.15, 0.2) is 0 Å². The Labute approximate surface area is 303 Å². The molecular weight excluding hydrogens is 667 g/mol. The van der Waals surface area contributed by atoms with Gasteiger partial charge in [0.2, 0.25) is 11.8 Å². The Kier molecular flexibility index (Phi) is 10.8. The summed E-state index contributed by atoms with van der Waals surface area (Å²) in [7, 11) is 0. The molecule has 2 aliphatic rings. The Morgan fingerprint density at radius 1 is 0.902 bits per heavy atom. The number of nitrogens with one attached hydrogen (secondary N) is 1.